The second kappa shape index (κ2) is 8.00. The summed E-state index contributed by atoms with van der Waals surface area (Å²) >= 11 is 0. The van der Waals surface area contributed by atoms with Crippen LogP contribution in [0.5, 0.6) is 11.5 Å². The molecule has 0 atom stereocenters. The molecular formula is C20H22O6S. The minimum atomic E-state index is -4.15. The maximum absolute atomic E-state index is 12.5. The van der Waals surface area contributed by atoms with E-state index in [-0.39, 0.29) is 22.0 Å². The Balaban J connectivity index is 1.80. The topological polar surface area (TPSA) is 89.9 Å². The van der Waals surface area contributed by atoms with Crippen molar-refractivity contribution in [3.8, 4) is 11.5 Å². The standard InChI is InChI=1S/C20H22O6S/c1-25-19-12-11-17(13-18(19)20(21)22)27(23,24)26-16-9-7-15(8-10-16)14-5-3-2-4-6-14/h7-14H,2-6H2,1H3,(H,21,22). The van der Waals surface area contributed by atoms with Crippen LogP contribution in [-0.2, 0) is 10.1 Å². The van der Waals surface area contributed by atoms with Gasteiger partial charge in [-0.3, -0.25) is 0 Å². The number of benzene rings is 2. The van der Waals surface area contributed by atoms with Crippen molar-refractivity contribution in [1.29, 1.82) is 0 Å². The Hall–Kier alpha value is -2.54. The monoisotopic (exact) mass is 390 g/mol. The number of hydrogen-bond donors (Lipinski definition) is 1. The minimum absolute atomic E-state index is 0.0817. The number of hydrogen-bond acceptors (Lipinski definition) is 5. The van der Waals surface area contributed by atoms with Gasteiger partial charge in [0.15, 0.2) is 0 Å². The first-order chi connectivity index (χ1) is 12.9. The third-order valence-electron chi connectivity index (χ3n) is 4.85. The van der Waals surface area contributed by atoms with Crippen molar-refractivity contribution in [1.82, 2.24) is 0 Å². The summed E-state index contributed by atoms with van der Waals surface area (Å²) in [6.07, 6.45) is 6.03. The van der Waals surface area contributed by atoms with Crippen LogP contribution < -0.4 is 8.92 Å². The molecule has 2 aromatic rings. The smallest absolute Gasteiger partial charge is 0.339 e. The molecule has 0 amide bonds. The lowest BCUT2D eigenvalue weighted by Gasteiger charge is -2.22. The van der Waals surface area contributed by atoms with Crippen molar-refractivity contribution in [2.75, 3.05) is 7.11 Å². The molecule has 144 valence electrons. The summed E-state index contributed by atoms with van der Waals surface area (Å²) in [5.74, 6) is -0.481. The van der Waals surface area contributed by atoms with Crippen molar-refractivity contribution in [2.24, 2.45) is 0 Å². The van der Waals surface area contributed by atoms with E-state index in [1.165, 1.54) is 44.1 Å². The van der Waals surface area contributed by atoms with Gasteiger partial charge in [0.2, 0.25) is 0 Å². The van der Waals surface area contributed by atoms with Crippen LogP contribution in [0, 0.1) is 0 Å². The second-order valence-corrected chi connectivity index (χ2v) is 8.15. The fourth-order valence-electron chi connectivity index (χ4n) is 3.42. The molecule has 27 heavy (non-hydrogen) atoms. The zero-order valence-electron chi connectivity index (χ0n) is 15.1. The van der Waals surface area contributed by atoms with E-state index in [9.17, 15) is 18.3 Å². The van der Waals surface area contributed by atoms with Crippen LogP contribution in [0.2, 0.25) is 0 Å². The van der Waals surface area contributed by atoms with E-state index in [1.807, 2.05) is 12.1 Å². The molecule has 1 saturated carbocycles. The largest absolute Gasteiger partial charge is 0.496 e. The molecule has 3 rings (SSSR count). The first-order valence-electron chi connectivity index (χ1n) is 8.86. The van der Waals surface area contributed by atoms with Crippen LogP contribution in [0.15, 0.2) is 47.4 Å². The van der Waals surface area contributed by atoms with Crippen molar-refractivity contribution < 1.29 is 27.2 Å². The molecule has 1 N–H and O–H groups in total. The lowest BCUT2D eigenvalue weighted by Crippen LogP contribution is -2.12. The molecule has 0 spiro atoms. The Labute approximate surface area is 158 Å². The van der Waals surface area contributed by atoms with Gasteiger partial charge < -0.3 is 14.0 Å². The molecule has 1 aliphatic carbocycles. The number of carboxylic acid groups (broad SMARTS) is 1. The fourth-order valence-corrected chi connectivity index (χ4v) is 4.37. The van der Waals surface area contributed by atoms with Crippen LogP contribution in [0.4, 0.5) is 0 Å². The van der Waals surface area contributed by atoms with Gasteiger partial charge in [-0.1, -0.05) is 31.4 Å². The highest BCUT2D eigenvalue weighted by Gasteiger charge is 2.22. The van der Waals surface area contributed by atoms with Crippen molar-refractivity contribution in [3.05, 3.63) is 53.6 Å². The van der Waals surface area contributed by atoms with Crippen molar-refractivity contribution in [2.45, 2.75) is 42.9 Å². The first-order valence-corrected chi connectivity index (χ1v) is 10.3. The van der Waals surface area contributed by atoms with Gasteiger partial charge in [-0.25, -0.2) is 4.79 Å². The highest BCUT2D eigenvalue weighted by Crippen LogP contribution is 2.33. The highest BCUT2D eigenvalue weighted by molar-refractivity contribution is 7.87. The van der Waals surface area contributed by atoms with Gasteiger partial charge in [-0.2, -0.15) is 8.42 Å². The maximum atomic E-state index is 12.5. The van der Waals surface area contributed by atoms with Crippen LogP contribution in [0.25, 0.3) is 0 Å². The van der Waals surface area contributed by atoms with E-state index in [1.54, 1.807) is 12.1 Å². The van der Waals surface area contributed by atoms with E-state index in [4.69, 9.17) is 8.92 Å². The average Bonchev–Trinajstić information content (AvgIpc) is 2.68. The van der Waals surface area contributed by atoms with E-state index in [2.05, 4.69) is 0 Å². The van der Waals surface area contributed by atoms with Gasteiger partial charge in [0, 0.05) is 0 Å². The number of ether oxygens (including phenoxy) is 1. The molecule has 1 fully saturated rings. The first kappa shape index (κ1) is 19.2. The number of carboxylic acids is 1. The predicted molar refractivity (Wildman–Crippen MR) is 100 cm³/mol. The fraction of sp³-hybridized carbons (Fsp3) is 0.350. The zero-order chi connectivity index (χ0) is 19.4. The maximum Gasteiger partial charge on any atom is 0.339 e. The quantitative estimate of drug-likeness (QED) is 0.743. The molecule has 2 aromatic carbocycles. The predicted octanol–water partition coefficient (Wildman–Crippen LogP) is 4.21. The van der Waals surface area contributed by atoms with Gasteiger partial charge in [0.05, 0.1) is 7.11 Å². The summed E-state index contributed by atoms with van der Waals surface area (Å²) < 4.78 is 35.1. The third-order valence-corrected chi connectivity index (χ3v) is 6.10. The third kappa shape index (κ3) is 4.42. The van der Waals surface area contributed by atoms with E-state index in [0.29, 0.717) is 5.92 Å². The Morgan fingerprint density at radius 2 is 1.70 bits per heavy atom. The summed E-state index contributed by atoms with van der Waals surface area (Å²) in [7, 11) is -2.83. The highest BCUT2D eigenvalue weighted by atomic mass is 32.2. The molecule has 0 radical (unpaired) electrons. The van der Waals surface area contributed by atoms with Crippen molar-refractivity contribution >= 4 is 16.1 Å². The Morgan fingerprint density at radius 3 is 2.30 bits per heavy atom. The Kier molecular flexibility index (Phi) is 5.70. The molecule has 0 saturated heterocycles. The number of aromatic carboxylic acids is 1. The molecule has 0 bridgehead atoms. The van der Waals surface area contributed by atoms with Crippen molar-refractivity contribution in [3.63, 3.8) is 0 Å². The number of methoxy groups -OCH3 is 1. The zero-order valence-corrected chi connectivity index (χ0v) is 15.9. The minimum Gasteiger partial charge on any atom is -0.496 e. The Morgan fingerprint density at radius 1 is 1.04 bits per heavy atom. The van der Waals surface area contributed by atoms with Gasteiger partial charge >= 0.3 is 16.1 Å². The molecule has 1 aliphatic rings. The molecular weight excluding hydrogens is 368 g/mol. The van der Waals surface area contributed by atoms with Crippen LogP contribution in [0.3, 0.4) is 0 Å². The molecule has 0 aliphatic heterocycles. The van der Waals surface area contributed by atoms with Gasteiger partial charge in [0.25, 0.3) is 0 Å². The molecule has 0 aromatic heterocycles. The lowest BCUT2D eigenvalue weighted by atomic mass is 9.84. The van der Waals surface area contributed by atoms with E-state index >= 15 is 0 Å². The number of rotatable bonds is 6. The SMILES string of the molecule is COc1ccc(S(=O)(=O)Oc2ccc(C3CCCCC3)cc2)cc1C(=O)O. The summed E-state index contributed by atoms with van der Waals surface area (Å²) in [6.45, 7) is 0. The second-order valence-electron chi connectivity index (χ2n) is 6.61. The molecule has 0 unspecified atom stereocenters. The van der Waals surface area contributed by atoms with Gasteiger partial charge in [-0.15, -0.1) is 0 Å². The van der Waals surface area contributed by atoms with E-state index < -0.39 is 16.1 Å². The molecule has 6 nitrogen and oxygen atoms in total. The van der Waals surface area contributed by atoms with Gasteiger partial charge in [0.1, 0.15) is 22.0 Å². The number of carbonyl (C=O) groups is 1. The lowest BCUT2D eigenvalue weighted by molar-refractivity contribution is 0.0693. The average molecular weight is 390 g/mol. The normalized spacial score (nSPS) is 15.3. The summed E-state index contributed by atoms with van der Waals surface area (Å²) in [5, 5.41) is 9.22. The van der Waals surface area contributed by atoms with E-state index in [0.717, 1.165) is 18.9 Å². The summed E-state index contributed by atoms with van der Waals surface area (Å²) in [5.41, 5.74) is 0.951. The molecule has 7 heteroatoms. The summed E-state index contributed by atoms with van der Waals surface area (Å²) in [4.78, 5) is 11.1. The van der Waals surface area contributed by atoms with Crippen LogP contribution in [0.1, 0.15) is 53.9 Å². The van der Waals surface area contributed by atoms with Crippen LogP contribution in [-0.4, -0.2) is 26.6 Å². The summed E-state index contributed by atoms with van der Waals surface area (Å²) in [6, 6.07) is 10.7. The molecule has 0 heterocycles. The van der Waals surface area contributed by atoms with Crippen LogP contribution >= 0.6 is 0 Å². The Bertz CT molecular complexity index is 912. The van der Waals surface area contributed by atoms with Gasteiger partial charge in [-0.05, 0) is 54.7 Å².